The van der Waals surface area contributed by atoms with Crippen LogP contribution in [0.15, 0.2) is 24.3 Å². The van der Waals surface area contributed by atoms with Crippen LogP contribution in [0.3, 0.4) is 0 Å². The Bertz CT molecular complexity index is 374. The van der Waals surface area contributed by atoms with E-state index in [0.29, 0.717) is 5.56 Å². The monoisotopic (exact) mass is 207 g/mol. The Hall–Kier alpha value is -1.68. The topological polar surface area (TPSA) is 69.4 Å². The Kier molecular flexibility index (Phi) is 4.00. The van der Waals surface area contributed by atoms with Crippen LogP contribution in [-0.4, -0.2) is 24.9 Å². The highest BCUT2D eigenvalue weighted by molar-refractivity contribution is 6.07. The van der Waals surface area contributed by atoms with E-state index in [4.69, 9.17) is 10.5 Å². The van der Waals surface area contributed by atoms with Gasteiger partial charge in [-0.15, -0.1) is 0 Å². The zero-order valence-corrected chi connectivity index (χ0v) is 8.53. The summed E-state index contributed by atoms with van der Waals surface area (Å²) < 4.78 is 4.83. The summed E-state index contributed by atoms with van der Waals surface area (Å²) in [7, 11) is 0. The van der Waals surface area contributed by atoms with Crippen molar-refractivity contribution >= 4 is 11.8 Å². The molecule has 15 heavy (non-hydrogen) atoms. The first-order valence-electron chi connectivity index (χ1n) is 4.70. The van der Waals surface area contributed by atoms with Gasteiger partial charge in [0.15, 0.2) is 5.78 Å². The van der Waals surface area contributed by atoms with Crippen molar-refractivity contribution in [1.29, 1.82) is 0 Å². The normalized spacial score (nSPS) is 9.73. The molecule has 1 aromatic carbocycles. The number of benzene rings is 1. The summed E-state index contributed by atoms with van der Waals surface area (Å²) in [4.78, 5) is 22.9. The number of esters is 1. The lowest BCUT2D eigenvalue weighted by molar-refractivity contribution is 0.0523. The number of carbonyl (C=O) groups is 2. The van der Waals surface area contributed by atoms with Gasteiger partial charge >= 0.3 is 5.97 Å². The number of ketones is 1. The van der Waals surface area contributed by atoms with Crippen LogP contribution in [-0.2, 0) is 4.74 Å². The maximum absolute atomic E-state index is 11.5. The van der Waals surface area contributed by atoms with Gasteiger partial charge in [-0.3, -0.25) is 4.79 Å². The molecule has 0 aliphatic carbocycles. The van der Waals surface area contributed by atoms with E-state index in [1.165, 1.54) is 0 Å². The van der Waals surface area contributed by atoms with Gasteiger partial charge in [-0.05, 0) is 13.0 Å². The molecule has 0 fully saturated rings. The quantitative estimate of drug-likeness (QED) is 0.590. The first-order valence-corrected chi connectivity index (χ1v) is 4.70. The predicted octanol–water partition coefficient (Wildman–Crippen LogP) is 1.00. The predicted molar refractivity (Wildman–Crippen MR) is 55.8 cm³/mol. The maximum Gasteiger partial charge on any atom is 0.338 e. The summed E-state index contributed by atoms with van der Waals surface area (Å²) in [6, 6.07) is 6.49. The fourth-order valence-corrected chi connectivity index (χ4v) is 1.22. The van der Waals surface area contributed by atoms with Gasteiger partial charge in [-0.2, -0.15) is 0 Å². The van der Waals surface area contributed by atoms with E-state index in [9.17, 15) is 9.59 Å². The third kappa shape index (κ3) is 2.63. The summed E-state index contributed by atoms with van der Waals surface area (Å²) >= 11 is 0. The molecule has 0 bridgehead atoms. The van der Waals surface area contributed by atoms with Crippen LogP contribution in [0.2, 0.25) is 0 Å². The fraction of sp³-hybridized carbons (Fsp3) is 0.273. The zero-order chi connectivity index (χ0) is 11.3. The Morgan fingerprint density at radius 1 is 1.27 bits per heavy atom. The highest BCUT2D eigenvalue weighted by Gasteiger charge is 2.15. The molecule has 0 atom stereocenters. The average Bonchev–Trinajstić information content (AvgIpc) is 2.28. The second-order valence-corrected chi connectivity index (χ2v) is 2.89. The van der Waals surface area contributed by atoms with Crippen molar-refractivity contribution in [2.24, 2.45) is 5.73 Å². The molecule has 0 aliphatic heterocycles. The molecule has 4 nitrogen and oxygen atoms in total. The van der Waals surface area contributed by atoms with E-state index in [2.05, 4.69) is 0 Å². The smallest absolute Gasteiger partial charge is 0.338 e. The molecule has 0 aliphatic rings. The van der Waals surface area contributed by atoms with Gasteiger partial charge in [-0.1, -0.05) is 18.2 Å². The Morgan fingerprint density at radius 3 is 2.40 bits per heavy atom. The number of nitrogens with two attached hydrogens (primary N) is 1. The Balaban J connectivity index is 3.06. The van der Waals surface area contributed by atoms with Crippen LogP contribution in [0.25, 0.3) is 0 Å². The fourth-order valence-electron chi connectivity index (χ4n) is 1.22. The zero-order valence-electron chi connectivity index (χ0n) is 8.53. The molecule has 0 saturated heterocycles. The molecule has 0 unspecified atom stereocenters. The van der Waals surface area contributed by atoms with Gasteiger partial charge in [0.25, 0.3) is 0 Å². The number of Topliss-reactive ketones (excluding diaryl/α,β-unsaturated/α-hetero) is 1. The summed E-state index contributed by atoms with van der Waals surface area (Å²) in [5, 5.41) is 0. The summed E-state index contributed by atoms with van der Waals surface area (Å²) in [6.45, 7) is 1.88. The van der Waals surface area contributed by atoms with Gasteiger partial charge < -0.3 is 10.5 Å². The number of ether oxygens (including phenoxy) is 1. The van der Waals surface area contributed by atoms with Crippen LogP contribution in [0, 0.1) is 0 Å². The van der Waals surface area contributed by atoms with Crippen molar-refractivity contribution in [3.63, 3.8) is 0 Å². The molecule has 0 heterocycles. The highest BCUT2D eigenvalue weighted by Crippen LogP contribution is 2.10. The first kappa shape index (κ1) is 11.4. The number of hydrogen-bond donors (Lipinski definition) is 1. The number of carbonyl (C=O) groups excluding carboxylic acids is 2. The van der Waals surface area contributed by atoms with Gasteiger partial charge in [0.2, 0.25) is 0 Å². The van der Waals surface area contributed by atoms with Crippen molar-refractivity contribution < 1.29 is 14.3 Å². The standard InChI is InChI=1S/C11H13NO3/c1-2-15-11(14)9-6-4-3-5-8(9)10(13)7-12/h3-6H,2,7,12H2,1H3. The van der Waals surface area contributed by atoms with Crippen LogP contribution < -0.4 is 5.73 Å². The SMILES string of the molecule is CCOC(=O)c1ccccc1C(=O)CN. The summed E-state index contributed by atoms with van der Waals surface area (Å²) in [6.07, 6.45) is 0. The molecule has 0 amide bonds. The highest BCUT2D eigenvalue weighted by atomic mass is 16.5. The van der Waals surface area contributed by atoms with Crippen molar-refractivity contribution in [3.05, 3.63) is 35.4 Å². The number of hydrogen-bond acceptors (Lipinski definition) is 4. The minimum atomic E-state index is -0.491. The molecule has 0 radical (unpaired) electrons. The van der Waals surface area contributed by atoms with Gasteiger partial charge in [0, 0.05) is 5.56 Å². The van der Waals surface area contributed by atoms with Crippen molar-refractivity contribution in [2.45, 2.75) is 6.92 Å². The molecule has 1 aromatic rings. The second-order valence-electron chi connectivity index (χ2n) is 2.89. The lowest BCUT2D eigenvalue weighted by atomic mass is 10.0. The largest absolute Gasteiger partial charge is 0.462 e. The average molecular weight is 207 g/mol. The van der Waals surface area contributed by atoms with Crippen LogP contribution in [0.4, 0.5) is 0 Å². The van der Waals surface area contributed by atoms with Crippen LogP contribution in [0.1, 0.15) is 27.6 Å². The van der Waals surface area contributed by atoms with Crippen molar-refractivity contribution in [3.8, 4) is 0 Å². The molecule has 0 spiro atoms. The third-order valence-corrected chi connectivity index (χ3v) is 1.91. The third-order valence-electron chi connectivity index (χ3n) is 1.91. The molecular formula is C11H13NO3. The minimum absolute atomic E-state index is 0.115. The van der Waals surface area contributed by atoms with E-state index in [1.54, 1.807) is 31.2 Å². The molecule has 4 heteroatoms. The maximum atomic E-state index is 11.5. The molecule has 80 valence electrons. The Labute approximate surface area is 88.0 Å². The van der Waals surface area contributed by atoms with Crippen molar-refractivity contribution in [2.75, 3.05) is 13.2 Å². The van der Waals surface area contributed by atoms with Crippen molar-refractivity contribution in [1.82, 2.24) is 0 Å². The van der Waals surface area contributed by atoms with Gasteiger partial charge in [0.05, 0.1) is 18.7 Å². The summed E-state index contributed by atoms with van der Waals surface area (Å²) in [5.41, 5.74) is 5.84. The van der Waals surface area contributed by atoms with E-state index in [0.717, 1.165) is 0 Å². The van der Waals surface area contributed by atoms with Gasteiger partial charge in [0.1, 0.15) is 0 Å². The van der Waals surface area contributed by atoms with E-state index in [-0.39, 0.29) is 24.5 Å². The lowest BCUT2D eigenvalue weighted by Gasteiger charge is -2.06. The molecule has 0 saturated carbocycles. The minimum Gasteiger partial charge on any atom is -0.462 e. The van der Waals surface area contributed by atoms with Gasteiger partial charge in [-0.25, -0.2) is 4.79 Å². The van der Waals surface area contributed by atoms with E-state index < -0.39 is 5.97 Å². The Morgan fingerprint density at radius 2 is 1.87 bits per heavy atom. The van der Waals surface area contributed by atoms with E-state index >= 15 is 0 Å². The molecule has 2 N–H and O–H groups in total. The second kappa shape index (κ2) is 5.26. The first-order chi connectivity index (χ1) is 7.20. The lowest BCUT2D eigenvalue weighted by Crippen LogP contribution is -2.18. The molecule has 1 rings (SSSR count). The summed E-state index contributed by atoms with van der Waals surface area (Å²) in [5.74, 6) is -0.756. The number of rotatable bonds is 4. The molecule has 0 aromatic heterocycles. The van der Waals surface area contributed by atoms with Crippen LogP contribution >= 0.6 is 0 Å². The van der Waals surface area contributed by atoms with E-state index in [1.807, 2.05) is 0 Å². The molecular weight excluding hydrogens is 194 g/mol. The van der Waals surface area contributed by atoms with Crippen LogP contribution in [0.5, 0.6) is 0 Å².